The first-order chi connectivity index (χ1) is 9.72. The lowest BCUT2D eigenvalue weighted by Crippen LogP contribution is -2.61. The second-order valence-corrected chi connectivity index (χ2v) is 9.13. The van der Waals surface area contributed by atoms with Crippen molar-refractivity contribution in [3.8, 4) is 0 Å². The van der Waals surface area contributed by atoms with E-state index in [4.69, 9.17) is 10.5 Å². The van der Waals surface area contributed by atoms with Crippen LogP contribution in [0, 0.1) is 12.3 Å². The Kier molecular flexibility index (Phi) is 4.80. The van der Waals surface area contributed by atoms with Crippen LogP contribution >= 0.6 is 11.3 Å². The van der Waals surface area contributed by atoms with Crippen LogP contribution in [-0.4, -0.2) is 27.2 Å². The molecule has 120 valence electrons. The lowest BCUT2D eigenvalue weighted by molar-refractivity contribution is -0.108. The monoisotopic (exact) mass is 332 g/mol. The Morgan fingerprint density at radius 2 is 2.19 bits per heavy atom. The van der Waals surface area contributed by atoms with E-state index < -0.39 is 10.0 Å². The summed E-state index contributed by atoms with van der Waals surface area (Å²) < 4.78 is 33.8. The zero-order valence-corrected chi connectivity index (χ0v) is 14.6. The molecule has 1 aliphatic rings. The fourth-order valence-electron chi connectivity index (χ4n) is 2.64. The molecule has 0 spiro atoms. The van der Waals surface area contributed by atoms with Gasteiger partial charge in [-0.05, 0) is 31.9 Å². The molecule has 0 saturated heterocycles. The molecule has 3 N–H and O–H groups in total. The molecule has 1 aromatic heterocycles. The molecule has 1 aromatic rings. The zero-order chi connectivity index (χ0) is 15.8. The minimum atomic E-state index is -3.48. The highest BCUT2D eigenvalue weighted by atomic mass is 32.2. The van der Waals surface area contributed by atoms with Gasteiger partial charge in [0.2, 0.25) is 10.0 Å². The molecule has 0 radical (unpaired) electrons. The van der Waals surface area contributed by atoms with Gasteiger partial charge in [-0.3, -0.25) is 0 Å². The highest BCUT2D eigenvalue weighted by molar-refractivity contribution is 7.91. The Morgan fingerprint density at radius 3 is 2.67 bits per heavy atom. The van der Waals surface area contributed by atoms with E-state index in [1.54, 1.807) is 6.07 Å². The molecule has 0 aliphatic heterocycles. The number of nitrogens with one attached hydrogen (secondary N) is 1. The first-order valence-corrected chi connectivity index (χ1v) is 9.45. The Balaban J connectivity index is 2.12. The van der Waals surface area contributed by atoms with Crippen molar-refractivity contribution >= 4 is 21.4 Å². The Hall–Kier alpha value is -0.470. The Bertz CT molecular complexity index is 608. The van der Waals surface area contributed by atoms with Crippen LogP contribution in [-0.2, 0) is 21.3 Å². The van der Waals surface area contributed by atoms with E-state index in [-0.39, 0.29) is 17.6 Å². The van der Waals surface area contributed by atoms with Crippen LogP contribution < -0.4 is 10.5 Å². The van der Waals surface area contributed by atoms with E-state index in [1.165, 1.54) is 11.3 Å². The quantitative estimate of drug-likeness (QED) is 0.835. The third-order valence-electron chi connectivity index (χ3n) is 4.29. The van der Waals surface area contributed by atoms with Gasteiger partial charge in [0.05, 0.1) is 6.10 Å². The van der Waals surface area contributed by atoms with E-state index in [0.29, 0.717) is 23.8 Å². The van der Waals surface area contributed by atoms with E-state index >= 15 is 0 Å². The molecule has 0 aromatic carbocycles. The van der Waals surface area contributed by atoms with Crippen molar-refractivity contribution in [3.05, 3.63) is 16.5 Å². The first-order valence-electron chi connectivity index (χ1n) is 7.15. The average molecular weight is 332 g/mol. The van der Waals surface area contributed by atoms with Crippen LogP contribution in [0.3, 0.4) is 0 Å². The van der Waals surface area contributed by atoms with Crippen LogP contribution in [0.1, 0.15) is 37.6 Å². The summed E-state index contributed by atoms with van der Waals surface area (Å²) in [6.07, 6.45) is 0.827. The molecular formula is C14H24N2O3S2. The first kappa shape index (κ1) is 16.9. The maximum atomic E-state index is 12.5. The van der Waals surface area contributed by atoms with Gasteiger partial charge in [-0.2, -0.15) is 0 Å². The molecule has 0 bridgehead atoms. The Morgan fingerprint density at radius 1 is 1.52 bits per heavy atom. The maximum absolute atomic E-state index is 12.5. The summed E-state index contributed by atoms with van der Waals surface area (Å²) >= 11 is 1.25. The van der Waals surface area contributed by atoms with Gasteiger partial charge >= 0.3 is 0 Å². The molecule has 2 rings (SSSR count). The van der Waals surface area contributed by atoms with Crippen LogP contribution in [0.5, 0.6) is 0 Å². The van der Waals surface area contributed by atoms with Crippen LogP contribution in [0.4, 0.5) is 0 Å². The summed E-state index contributed by atoms with van der Waals surface area (Å²) in [6.45, 7) is 8.93. The minimum absolute atomic E-state index is 0.0946. The molecule has 1 saturated carbocycles. The molecule has 1 fully saturated rings. The number of aryl methyl sites for hydroxylation is 1. The summed E-state index contributed by atoms with van der Waals surface area (Å²) in [5.74, 6) is 0. The largest absolute Gasteiger partial charge is 0.378 e. The molecule has 21 heavy (non-hydrogen) atoms. The fraction of sp³-hybridized carbons (Fsp3) is 0.714. The topological polar surface area (TPSA) is 81.4 Å². The van der Waals surface area contributed by atoms with E-state index in [2.05, 4.69) is 4.72 Å². The van der Waals surface area contributed by atoms with Crippen molar-refractivity contribution in [1.29, 1.82) is 0 Å². The van der Waals surface area contributed by atoms with Gasteiger partial charge in [0.15, 0.2) is 0 Å². The van der Waals surface area contributed by atoms with Gasteiger partial charge in [0.25, 0.3) is 0 Å². The predicted molar refractivity (Wildman–Crippen MR) is 84.9 cm³/mol. The molecule has 2 atom stereocenters. The summed E-state index contributed by atoms with van der Waals surface area (Å²) in [5.41, 5.74) is 6.36. The van der Waals surface area contributed by atoms with Crippen LogP contribution in [0.15, 0.2) is 10.3 Å². The average Bonchev–Trinajstić information content (AvgIpc) is 2.79. The molecule has 2 unspecified atom stereocenters. The summed E-state index contributed by atoms with van der Waals surface area (Å²) in [4.78, 5) is 0.912. The smallest absolute Gasteiger partial charge is 0.250 e. The number of rotatable bonds is 6. The number of hydrogen-bond acceptors (Lipinski definition) is 5. The summed E-state index contributed by atoms with van der Waals surface area (Å²) in [6, 6.07) is 1.60. The highest BCUT2D eigenvalue weighted by Crippen LogP contribution is 2.43. The number of ether oxygens (including phenoxy) is 1. The number of sulfonamides is 1. The van der Waals surface area contributed by atoms with Gasteiger partial charge in [0.1, 0.15) is 4.21 Å². The summed E-state index contributed by atoms with van der Waals surface area (Å²) in [5, 5.41) is 0. The number of hydrogen-bond donors (Lipinski definition) is 2. The Labute approximate surface area is 130 Å². The molecule has 5 nitrogen and oxygen atoms in total. The second-order valence-electron chi connectivity index (χ2n) is 6.05. The van der Waals surface area contributed by atoms with Crippen molar-refractivity contribution in [2.75, 3.05) is 6.61 Å². The van der Waals surface area contributed by atoms with E-state index in [1.807, 2.05) is 27.7 Å². The normalized spacial score (nSPS) is 24.8. The van der Waals surface area contributed by atoms with Crippen molar-refractivity contribution < 1.29 is 13.2 Å². The molecule has 1 aliphatic carbocycles. The van der Waals surface area contributed by atoms with Crippen LogP contribution in [0.25, 0.3) is 0 Å². The van der Waals surface area contributed by atoms with Gasteiger partial charge in [-0.25, -0.2) is 13.1 Å². The third kappa shape index (κ3) is 3.17. The lowest BCUT2D eigenvalue weighted by atomic mass is 9.65. The SMILES string of the molecule is CCOC1CC(NS(=O)(=O)c2cc(C)c(CN)s2)C1(C)C. The fourth-order valence-corrected chi connectivity index (χ4v) is 5.53. The molecule has 1 heterocycles. The number of thiophene rings is 1. The number of nitrogens with two attached hydrogens (primary N) is 1. The lowest BCUT2D eigenvalue weighted by Gasteiger charge is -2.51. The van der Waals surface area contributed by atoms with Crippen molar-refractivity contribution in [3.63, 3.8) is 0 Å². The van der Waals surface area contributed by atoms with Crippen molar-refractivity contribution in [2.24, 2.45) is 11.1 Å². The predicted octanol–water partition coefficient (Wildman–Crippen LogP) is 2.00. The van der Waals surface area contributed by atoms with Crippen LogP contribution in [0.2, 0.25) is 0 Å². The van der Waals surface area contributed by atoms with Gasteiger partial charge in [0, 0.05) is 29.5 Å². The van der Waals surface area contributed by atoms with Gasteiger partial charge in [-0.1, -0.05) is 13.8 Å². The van der Waals surface area contributed by atoms with Gasteiger partial charge < -0.3 is 10.5 Å². The third-order valence-corrected chi connectivity index (χ3v) is 7.50. The van der Waals surface area contributed by atoms with E-state index in [9.17, 15) is 8.42 Å². The maximum Gasteiger partial charge on any atom is 0.250 e. The standard InChI is InChI=1S/C14H24N2O3S2/c1-5-19-12-7-11(14(12,3)4)16-21(17,18)13-6-9(2)10(8-15)20-13/h6,11-12,16H,5,7-8,15H2,1-4H3. The second kappa shape index (κ2) is 5.96. The molecule has 7 heteroatoms. The minimum Gasteiger partial charge on any atom is -0.378 e. The van der Waals surface area contributed by atoms with Gasteiger partial charge in [-0.15, -0.1) is 11.3 Å². The summed E-state index contributed by atoms with van der Waals surface area (Å²) in [7, 11) is -3.48. The van der Waals surface area contributed by atoms with Crippen molar-refractivity contribution in [2.45, 2.75) is 57.0 Å². The molecular weight excluding hydrogens is 308 g/mol. The zero-order valence-electron chi connectivity index (χ0n) is 13.0. The van der Waals surface area contributed by atoms with E-state index in [0.717, 1.165) is 10.4 Å². The highest BCUT2D eigenvalue weighted by Gasteiger charge is 2.50. The van der Waals surface area contributed by atoms with Crippen molar-refractivity contribution in [1.82, 2.24) is 4.72 Å². The molecule has 0 amide bonds.